The Balaban J connectivity index is 2.91. The average molecular weight is 272 g/mol. The molecule has 0 aromatic heterocycles. The lowest BCUT2D eigenvalue weighted by molar-refractivity contribution is 0.0697. The van der Waals surface area contributed by atoms with Gasteiger partial charge in [0.15, 0.2) is 0 Å². The van der Waals surface area contributed by atoms with Gasteiger partial charge in [0.25, 0.3) is 6.43 Å². The Morgan fingerprint density at radius 1 is 1.42 bits per heavy atom. The smallest absolute Gasteiger partial charge is 0.338 e. The highest BCUT2D eigenvalue weighted by Crippen LogP contribution is 2.19. The number of carboxylic acids is 1. The van der Waals surface area contributed by atoms with Gasteiger partial charge >= 0.3 is 12.0 Å². The molecule has 1 aromatic rings. The van der Waals surface area contributed by atoms with Crippen LogP contribution in [0.15, 0.2) is 18.2 Å². The van der Waals surface area contributed by atoms with E-state index in [1.54, 1.807) is 19.1 Å². The number of hydrogen-bond donors (Lipinski definition) is 2. The molecule has 0 unspecified atom stereocenters. The molecule has 0 saturated carbocycles. The number of hydrogen-bond acceptors (Lipinski definition) is 2. The van der Waals surface area contributed by atoms with Gasteiger partial charge in [-0.25, -0.2) is 18.4 Å². The molecule has 1 aromatic carbocycles. The first-order valence-corrected chi connectivity index (χ1v) is 5.46. The van der Waals surface area contributed by atoms with Crippen LogP contribution in [0.4, 0.5) is 19.3 Å². The molecule has 0 aliphatic rings. The van der Waals surface area contributed by atoms with Crippen molar-refractivity contribution in [1.29, 1.82) is 0 Å². The summed E-state index contributed by atoms with van der Waals surface area (Å²) in [6.45, 7) is 0.863. The molecule has 0 radical (unpaired) electrons. The molecule has 0 heterocycles. The van der Waals surface area contributed by atoms with E-state index in [0.29, 0.717) is 5.56 Å². The van der Waals surface area contributed by atoms with E-state index in [1.165, 1.54) is 13.1 Å². The largest absolute Gasteiger partial charge is 0.478 e. The molecule has 0 spiro atoms. The SMILES string of the molecule is Cc1cccc(NC(=O)N(C)CC(F)F)c1C(=O)O. The van der Waals surface area contributed by atoms with Crippen LogP contribution in [0.25, 0.3) is 0 Å². The number of aryl methyl sites for hydroxylation is 1. The summed E-state index contributed by atoms with van der Waals surface area (Å²) in [6, 6.07) is 3.78. The number of halogens is 2. The van der Waals surface area contributed by atoms with E-state index in [-0.39, 0.29) is 11.3 Å². The molecule has 0 atom stereocenters. The Morgan fingerprint density at radius 2 is 2.05 bits per heavy atom. The summed E-state index contributed by atoms with van der Waals surface area (Å²) in [4.78, 5) is 23.5. The van der Waals surface area contributed by atoms with Gasteiger partial charge in [-0.05, 0) is 18.6 Å². The second kappa shape index (κ2) is 6.12. The predicted octanol–water partition coefficient (Wildman–Crippen LogP) is 2.42. The number of carbonyl (C=O) groups excluding carboxylic acids is 1. The summed E-state index contributed by atoms with van der Waals surface area (Å²) < 4.78 is 24.3. The molecule has 1 rings (SSSR count). The van der Waals surface area contributed by atoms with Crippen LogP contribution in [0.5, 0.6) is 0 Å². The number of amides is 2. The minimum Gasteiger partial charge on any atom is -0.478 e. The van der Waals surface area contributed by atoms with Crippen LogP contribution < -0.4 is 5.32 Å². The minimum absolute atomic E-state index is 0.0544. The number of carboxylic acid groups (broad SMARTS) is 1. The number of alkyl halides is 2. The zero-order valence-electron chi connectivity index (χ0n) is 10.5. The Labute approximate surface area is 108 Å². The second-order valence-corrected chi connectivity index (χ2v) is 4.00. The number of anilines is 1. The molecule has 0 fully saturated rings. The first kappa shape index (κ1) is 14.9. The van der Waals surface area contributed by atoms with E-state index < -0.39 is 25.0 Å². The Kier molecular flexibility index (Phi) is 4.80. The van der Waals surface area contributed by atoms with Crippen LogP contribution in [-0.2, 0) is 0 Å². The van der Waals surface area contributed by atoms with Crippen molar-refractivity contribution in [2.75, 3.05) is 18.9 Å². The fourth-order valence-corrected chi connectivity index (χ4v) is 1.56. The molecule has 2 N–H and O–H groups in total. The summed E-state index contributed by atoms with van der Waals surface area (Å²) in [5.41, 5.74) is 0.502. The molecule has 0 saturated heterocycles. The van der Waals surface area contributed by atoms with Gasteiger partial charge < -0.3 is 15.3 Å². The highest BCUT2D eigenvalue weighted by molar-refractivity contribution is 6.01. The van der Waals surface area contributed by atoms with Crippen LogP contribution in [0.3, 0.4) is 0 Å². The van der Waals surface area contributed by atoms with Gasteiger partial charge in [-0.15, -0.1) is 0 Å². The molecular formula is C12H14F2N2O3. The third-order valence-electron chi connectivity index (χ3n) is 2.49. The first-order chi connectivity index (χ1) is 8.82. The molecule has 7 heteroatoms. The molecular weight excluding hydrogens is 258 g/mol. The lowest BCUT2D eigenvalue weighted by Crippen LogP contribution is -2.35. The van der Waals surface area contributed by atoms with Crippen LogP contribution in [0.1, 0.15) is 15.9 Å². The lowest BCUT2D eigenvalue weighted by Gasteiger charge is -2.18. The van der Waals surface area contributed by atoms with Crippen LogP contribution in [0, 0.1) is 6.92 Å². The summed E-state index contributed by atoms with van der Waals surface area (Å²) in [6.07, 6.45) is -2.65. The average Bonchev–Trinajstić information content (AvgIpc) is 2.27. The number of nitrogens with zero attached hydrogens (tertiary/aromatic N) is 1. The number of benzene rings is 1. The molecule has 0 aliphatic carbocycles. The van der Waals surface area contributed by atoms with E-state index in [4.69, 9.17) is 5.11 Å². The summed E-state index contributed by atoms with van der Waals surface area (Å²) in [7, 11) is 1.21. The van der Waals surface area contributed by atoms with Gasteiger partial charge in [-0.3, -0.25) is 0 Å². The monoisotopic (exact) mass is 272 g/mol. The van der Waals surface area contributed by atoms with Crippen molar-refractivity contribution in [3.05, 3.63) is 29.3 Å². The van der Waals surface area contributed by atoms with Gasteiger partial charge in [0.2, 0.25) is 0 Å². The maximum Gasteiger partial charge on any atom is 0.338 e. The minimum atomic E-state index is -2.65. The Hall–Kier alpha value is -2.18. The highest BCUT2D eigenvalue weighted by atomic mass is 19.3. The van der Waals surface area contributed by atoms with Gasteiger partial charge in [-0.1, -0.05) is 12.1 Å². The second-order valence-electron chi connectivity index (χ2n) is 4.00. The number of urea groups is 1. The van der Waals surface area contributed by atoms with Crippen molar-refractivity contribution < 1.29 is 23.5 Å². The van der Waals surface area contributed by atoms with E-state index in [0.717, 1.165) is 4.90 Å². The first-order valence-electron chi connectivity index (χ1n) is 5.46. The standard InChI is InChI=1S/C12H14F2N2O3/c1-7-4-3-5-8(10(7)11(17)18)15-12(19)16(2)6-9(13)14/h3-5,9H,6H2,1-2H3,(H,15,19)(H,17,18). The molecule has 104 valence electrons. The number of nitrogens with one attached hydrogen (secondary N) is 1. The lowest BCUT2D eigenvalue weighted by atomic mass is 10.1. The van der Waals surface area contributed by atoms with Crippen molar-refractivity contribution in [3.63, 3.8) is 0 Å². The van der Waals surface area contributed by atoms with E-state index >= 15 is 0 Å². The third-order valence-corrected chi connectivity index (χ3v) is 2.49. The van der Waals surface area contributed by atoms with Crippen molar-refractivity contribution in [3.8, 4) is 0 Å². The summed E-state index contributed by atoms with van der Waals surface area (Å²) in [5.74, 6) is -1.19. The van der Waals surface area contributed by atoms with Crippen molar-refractivity contribution >= 4 is 17.7 Å². The quantitative estimate of drug-likeness (QED) is 0.884. The van der Waals surface area contributed by atoms with Gasteiger partial charge in [0.1, 0.15) is 0 Å². The van der Waals surface area contributed by atoms with Crippen molar-refractivity contribution in [2.45, 2.75) is 13.3 Å². The Morgan fingerprint density at radius 3 is 2.58 bits per heavy atom. The number of rotatable bonds is 4. The van der Waals surface area contributed by atoms with E-state index in [2.05, 4.69) is 5.32 Å². The van der Waals surface area contributed by atoms with Crippen molar-refractivity contribution in [1.82, 2.24) is 4.90 Å². The third kappa shape index (κ3) is 3.90. The normalized spacial score (nSPS) is 10.4. The van der Waals surface area contributed by atoms with Crippen LogP contribution in [0.2, 0.25) is 0 Å². The zero-order chi connectivity index (χ0) is 14.6. The Bertz CT molecular complexity index is 492. The van der Waals surface area contributed by atoms with E-state index in [9.17, 15) is 18.4 Å². The van der Waals surface area contributed by atoms with E-state index in [1.807, 2.05) is 0 Å². The van der Waals surface area contributed by atoms with Gasteiger partial charge in [-0.2, -0.15) is 0 Å². The van der Waals surface area contributed by atoms with Gasteiger partial charge in [0.05, 0.1) is 17.8 Å². The molecule has 0 bridgehead atoms. The molecule has 0 aliphatic heterocycles. The maximum absolute atomic E-state index is 12.1. The van der Waals surface area contributed by atoms with Crippen LogP contribution in [-0.4, -0.2) is 42.0 Å². The molecule has 5 nitrogen and oxygen atoms in total. The van der Waals surface area contributed by atoms with Gasteiger partial charge in [0, 0.05) is 7.05 Å². The van der Waals surface area contributed by atoms with Crippen LogP contribution >= 0.6 is 0 Å². The highest BCUT2D eigenvalue weighted by Gasteiger charge is 2.18. The summed E-state index contributed by atoms with van der Waals surface area (Å²) in [5, 5.41) is 11.4. The fourth-order valence-electron chi connectivity index (χ4n) is 1.56. The summed E-state index contributed by atoms with van der Waals surface area (Å²) >= 11 is 0. The fraction of sp³-hybridized carbons (Fsp3) is 0.333. The number of aromatic carboxylic acids is 1. The number of carbonyl (C=O) groups is 2. The maximum atomic E-state index is 12.1. The topological polar surface area (TPSA) is 69.6 Å². The van der Waals surface area contributed by atoms with Crippen molar-refractivity contribution in [2.24, 2.45) is 0 Å². The molecule has 2 amide bonds. The zero-order valence-corrected chi connectivity index (χ0v) is 10.5. The predicted molar refractivity (Wildman–Crippen MR) is 65.8 cm³/mol. The molecule has 19 heavy (non-hydrogen) atoms.